The van der Waals surface area contributed by atoms with Crippen LogP contribution in [0.25, 0.3) is 0 Å². The van der Waals surface area contributed by atoms with E-state index in [1.807, 2.05) is 12.1 Å². The van der Waals surface area contributed by atoms with Crippen LogP contribution in [0.4, 0.5) is 0 Å². The number of aromatic nitrogens is 3. The molecule has 3 aromatic rings. The van der Waals surface area contributed by atoms with Crippen LogP contribution >= 0.6 is 0 Å². The fourth-order valence-electron chi connectivity index (χ4n) is 3.41. The quantitative estimate of drug-likeness (QED) is 0.690. The monoisotopic (exact) mass is 411 g/mol. The number of hydrogen-bond donors (Lipinski definition) is 1. The standard InChI is InChI=1S/C20H21N5O3S/c1-24(13-15-3-2-7-21-12-15)29(27,28)18-5-4-16-6-10-25(14-17(16)11-18)20(26)19-22-8-9-23-19/h2-5,7-9,11-12H,6,10,13-14H2,1H3,(H,22,23). The van der Waals surface area contributed by atoms with Crippen LogP contribution in [0.2, 0.25) is 0 Å². The molecule has 29 heavy (non-hydrogen) atoms. The Labute approximate surface area is 169 Å². The molecule has 0 saturated heterocycles. The average Bonchev–Trinajstić information content (AvgIpc) is 3.28. The minimum atomic E-state index is -3.67. The zero-order valence-corrected chi connectivity index (χ0v) is 16.8. The molecule has 3 heterocycles. The summed E-state index contributed by atoms with van der Waals surface area (Å²) in [7, 11) is -2.12. The van der Waals surface area contributed by atoms with Gasteiger partial charge in [-0.3, -0.25) is 9.78 Å². The number of carbonyl (C=O) groups is 1. The SMILES string of the molecule is CN(Cc1cccnc1)S(=O)(=O)c1ccc2c(c1)CN(C(=O)c1ncc[nH]1)CC2. The number of aromatic amines is 1. The largest absolute Gasteiger partial charge is 0.341 e. The first-order chi connectivity index (χ1) is 13.9. The highest BCUT2D eigenvalue weighted by Gasteiger charge is 2.26. The molecule has 0 fully saturated rings. The summed E-state index contributed by atoms with van der Waals surface area (Å²) in [6, 6.07) is 8.77. The lowest BCUT2D eigenvalue weighted by Gasteiger charge is -2.29. The van der Waals surface area contributed by atoms with Gasteiger partial charge in [0, 0.05) is 51.5 Å². The van der Waals surface area contributed by atoms with Gasteiger partial charge in [-0.15, -0.1) is 0 Å². The van der Waals surface area contributed by atoms with E-state index in [9.17, 15) is 13.2 Å². The molecule has 150 valence electrons. The van der Waals surface area contributed by atoms with Crippen LogP contribution in [-0.4, -0.2) is 52.1 Å². The maximum atomic E-state index is 13.0. The predicted molar refractivity (Wildman–Crippen MR) is 106 cm³/mol. The number of fused-ring (bicyclic) bond motifs is 1. The number of nitrogens with zero attached hydrogens (tertiary/aromatic N) is 4. The molecule has 9 heteroatoms. The van der Waals surface area contributed by atoms with Crippen LogP contribution in [0.3, 0.4) is 0 Å². The minimum absolute atomic E-state index is 0.192. The second-order valence-electron chi connectivity index (χ2n) is 6.97. The van der Waals surface area contributed by atoms with E-state index in [0.717, 1.165) is 16.7 Å². The highest BCUT2D eigenvalue weighted by atomic mass is 32.2. The van der Waals surface area contributed by atoms with Crippen molar-refractivity contribution in [2.24, 2.45) is 0 Å². The summed E-state index contributed by atoms with van der Waals surface area (Å²) in [6.45, 7) is 1.15. The summed E-state index contributed by atoms with van der Waals surface area (Å²) in [4.78, 5) is 25.3. The third-order valence-electron chi connectivity index (χ3n) is 5.01. The van der Waals surface area contributed by atoms with Gasteiger partial charge >= 0.3 is 0 Å². The molecule has 0 bridgehead atoms. The third kappa shape index (κ3) is 3.92. The van der Waals surface area contributed by atoms with E-state index in [2.05, 4.69) is 15.0 Å². The van der Waals surface area contributed by atoms with Crippen LogP contribution in [0.5, 0.6) is 0 Å². The van der Waals surface area contributed by atoms with E-state index in [1.165, 1.54) is 10.5 Å². The smallest absolute Gasteiger partial charge is 0.289 e. The fraction of sp³-hybridized carbons (Fsp3) is 0.250. The number of benzene rings is 1. The number of amides is 1. The lowest BCUT2D eigenvalue weighted by molar-refractivity contribution is 0.0723. The number of imidazole rings is 1. The van der Waals surface area contributed by atoms with E-state index in [0.29, 0.717) is 19.5 Å². The number of hydrogen-bond acceptors (Lipinski definition) is 5. The molecular formula is C20H21N5O3S. The Hall–Kier alpha value is -3.04. The number of nitrogens with one attached hydrogen (secondary N) is 1. The number of rotatable bonds is 5. The van der Waals surface area contributed by atoms with Crippen LogP contribution in [0, 0.1) is 0 Å². The maximum Gasteiger partial charge on any atom is 0.289 e. The van der Waals surface area contributed by atoms with E-state index in [4.69, 9.17) is 0 Å². The van der Waals surface area contributed by atoms with Gasteiger partial charge in [-0.25, -0.2) is 13.4 Å². The first-order valence-corrected chi connectivity index (χ1v) is 10.6. The number of carbonyl (C=O) groups excluding carboxylic acids is 1. The molecule has 1 aliphatic rings. The first kappa shape index (κ1) is 19.3. The summed E-state index contributed by atoms with van der Waals surface area (Å²) in [6.07, 6.45) is 7.11. The molecule has 0 aliphatic carbocycles. The van der Waals surface area contributed by atoms with Gasteiger partial charge in [-0.05, 0) is 41.3 Å². The first-order valence-electron chi connectivity index (χ1n) is 9.21. The van der Waals surface area contributed by atoms with Gasteiger partial charge in [-0.2, -0.15) is 4.31 Å². The van der Waals surface area contributed by atoms with Crippen molar-refractivity contribution < 1.29 is 13.2 Å². The van der Waals surface area contributed by atoms with Crippen LogP contribution < -0.4 is 0 Å². The predicted octanol–water partition coefficient (Wildman–Crippen LogP) is 1.82. The molecule has 0 saturated carbocycles. The molecule has 0 spiro atoms. The van der Waals surface area contributed by atoms with Gasteiger partial charge < -0.3 is 9.88 Å². The molecule has 8 nitrogen and oxygen atoms in total. The summed E-state index contributed by atoms with van der Waals surface area (Å²) >= 11 is 0. The second-order valence-corrected chi connectivity index (χ2v) is 9.01. The Morgan fingerprint density at radius 3 is 2.83 bits per heavy atom. The van der Waals surface area contributed by atoms with Crippen molar-refractivity contribution in [1.29, 1.82) is 0 Å². The minimum Gasteiger partial charge on any atom is -0.341 e. The zero-order valence-electron chi connectivity index (χ0n) is 15.9. The van der Waals surface area contributed by atoms with E-state index in [1.54, 1.807) is 48.7 Å². The van der Waals surface area contributed by atoms with Crippen molar-refractivity contribution in [1.82, 2.24) is 24.2 Å². The topological polar surface area (TPSA) is 99.3 Å². The van der Waals surface area contributed by atoms with E-state index in [-0.39, 0.29) is 23.2 Å². The lowest BCUT2D eigenvalue weighted by atomic mass is 10.00. The van der Waals surface area contributed by atoms with Gasteiger partial charge in [0.05, 0.1) is 4.90 Å². The van der Waals surface area contributed by atoms with E-state index < -0.39 is 10.0 Å². The van der Waals surface area contributed by atoms with Crippen molar-refractivity contribution in [2.45, 2.75) is 24.4 Å². The summed E-state index contributed by atoms with van der Waals surface area (Å²) in [5.41, 5.74) is 2.71. The van der Waals surface area contributed by atoms with Gasteiger partial charge in [0.1, 0.15) is 0 Å². The molecule has 1 amide bonds. The highest BCUT2D eigenvalue weighted by molar-refractivity contribution is 7.89. The molecule has 1 N–H and O–H groups in total. The van der Waals surface area contributed by atoms with Gasteiger partial charge in [0.15, 0.2) is 5.82 Å². The highest BCUT2D eigenvalue weighted by Crippen LogP contribution is 2.25. The van der Waals surface area contributed by atoms with Crippen molar-refractivity contribution >= 4 is 15.9 Å². The van der Waals surface area contributed by atoms with Crippen LogP contribution in [0.15, 0.2) is 60.0 Å². The summed E-state index contributed by atoms with van der Waals surface area (Å²) in [5.74, 6) is 0.0936. The average molecular weight is 411 g/mol. The van der Waals surface area contributed by atoms with Crippen LogP contribution in [-0.2, 0) is 29.5 Å². The van der Waals surface area contributed by atoms with Gasteiger partial charge in [0.2, 0.25) is 10.0 Å². The normalized spacial score (nSPS) is 14.1. The van der Waals surface area contributed by atoms with Crippen molar-refractivity contribution in [2.75, 3.05) is 13.6 Å². The fourth-order valence-corrected chi connectivity index (χ4v) is 4.62. The number of pyridine rings is 1. The Morgan fingerprint density at radius 1 is 1.24 bits per heavy atom. The van der Waals surface area contributed by atoms with Crippen molar-refractivity contribution in [3.8, 4) is 0 Å². The van der Waals surface area contributed by atoms with Crippen LogP contribution in [0.1, 0.15) is 27.3 Å². The second kappa shape index (κ2) is 7.76. The van der Waals surface area contributed by atoms with Gasteiger partial charge in [-0.1, -0.05) is 12.1 Å². The molecule has 0 atom stereocenters. The molecular weight excluding hydrogens is 390 g/mol. The maximum absolute atomic E-state index is 13.0. The number of H-pyrrole nitrogens is 1. The van der Waals surface area contributed by atoms with Crippen molar-refractivity contribution in [3.63, 3.8) is 0 Å². The Kier molecular flexibility index (Phi) is 5.16. The molecule has 1 aliphatic heterocycles. The van der Waals surface area contributed by atoms with Gasteiger partial charge in [0.25, 0.3) is 5.91 Å². The van der Waals surface area contributed by atoms with Crippen molar-refractivity contribution in [3.05, 3.63) is 77.6 Å². The Morgan fingerprint density at radius 2 is 2.10 bits per heavy atom. The Bertz CT molecular complexity index is 1110. The number of sulfonamides is 1. The van der Waals surface area contributed by atoms with E-state index >= 15 is 0 Å². The molecule has 0 unspecified atom stereocenters. The lowest BCUT2D eigenvalue weighted by Crippen LogP contribution is -2.36. The molecule has 4 rings (SSSR count). The third-order valence-corrected chi connectivity index (χ3v) is 6.81. The Balaban J connectivity index is 1.56. The summed E-state index contributed by atoms with van der Waals surface area (Å²) in [5, 5.41) is 0. The molecule has 0 radical (unpaired) electrons. The zero-order chi connectivity index (χ0) is 20.4. The molecule has 2 aromatic heterocycles. The molecule has 1 aromatic carbocycles. The summed E-state index contributed by atoms with van der Waals surface area (Å²) < 4.78 is 27.4.